The van der Waals surface area contributed by atoms with Gasteiger partial charge < -0.3 is 21.1 Å². The summed E-state index contributed by atoms with van der Waals surface area (Å²) in [6, 6.07) is 9.39. The normalized spacial score (nSPS) is 11.1. The minimum atomic E-state index is -0.335. The van der Waals surface area contributed by atoms with Gasteiger partial charge in [0, 0.05) is 29.6 Å². The first kappa shape index (κ1) is 19.3. The van der Waals surface area contributed by atoms with Crippen LogP contribution in [0, 0.1) is 5.82 Å². The number of aromatic nitrogens is 5. The Morgan fingerprint density at radius 2 is 1.83 bits per heavy atom. The molecule has 0 fully saturated rings. The maximum absolute atomic E-state index is 13.3. The number of benzene rings is 1. The maximum atomic E-state index is 13.3. The molecule has 30 heavy (non-hydrogen) atoms. The average Bonchev–Trinajstić information content (AvgIpc) is 3.16. The molecule has 0 spiro atoms. The quantitative estimate of drug-likeness (QED) is 0.397. The Hall–Kier alpha value is -4.01. The second kappa shape index (κ2) is 7.78. The minimum absolute atomic E-state index is 0.0278. The molecule has 3 heterocycles. The van der Waals surface area contributed by atoms with E-state index in [2.05, 4.69) is 30.2 Å². The standard InChI is InChI=1S/C21H20FN7O/c1-11(2)26-21-24-8-7-15(27-21)18-17(13-9-16(30)19(23)25-10-13)28-20(29-18)12-3-5-14(22)6-4-12/h3-11,30H,1-2H3,(H2,23,25)(H,28,29)(H,24,26,27). The molecule has 0 saturated carbocycles. The van der Waals surface area contributed by atoms with Gasteiger partial charge in [-0.25, -0.2) is 24.3 Å². The van der Waals surface area contributed by atoms with E-state index in [1.54, 1.807) is 24.4 Å². The van der Waals surface area contributed by atoms with Gasteiger partial charge in [0.2, 0.25) is 5.95 Å². The van der Waals surface area contributed by atoms with E-state index < -0.39 is 0 Å². The fraction of sp³-hybridized carbons (Fsp3) is 0.143. The molecule has 0 aliphatic carbocycles. The van der Waals surface area contributed by atoms with Crippen LogP contribution in [-0.4, -0.2) is 36.1 Å². The van der Waals surface area contributed by atoms with Crippen molar-refractivity contribution in [2.24, 2.45) is 0 Å². The van der Waals surface area contributed by atoms with Crippen LogP contribution in [0.1, 0.15) is 13.8 Å². The molecule has 4 aromatic rings. The van der Waals surface area contributed by atoms with Crippen LogP contribution in [0.3, 0.4) is 0 Å². The van der Waals surface area contributed by atoms with Crippen molar-refractivity contribution in [1.29, 1.82) is 0 Å². The van der Waals surface area contributed by atoms with Crippen LogP contribution in [-0.2, 0) is 0 Å². The van der Waals surface area contributed by atoms with Gasteiger partial charge in [0.25, 0.3) is 0 Å². The summed E-state index contributed by atoms with van der Waals surface area (Å²) in [4.78, 5) is 20.8. The molecule has 0 unspecified atom stereocenters. The van der Waals surface area contributed by atoms with Crippen LogP contribution in [0.15, 0.2) is 48.8 Å². The molecule has 5 N–H and O–H groups in total. The van der Waals surface area contributed by atoms with Gasteiger partial charge >= 0.3 is 0 Å². The second-order valence-electron chi connectivity index (χ2n) is 7.01. The number of pyridine rings is 1. The van der Waals surface area contributed by atoms with Gasteiger partial charge in [-0.2, -0.15) is 0 Å². The van der Waals surface area contributed by atoms with Crippen LogP contribution in [0.5, 0.6) is 5.75 Å². The van der Waals surface area contributed by atoms with Crippen molar-refractivity contribution in [2.45, 2.75) is 19.9 Å². The number of H-pyrrole nitrogens is 1. The van der Waals surface area contributed by atoms with Gasteiger partial charge in [0.1, 0.15) is 17.3 Å². The molecule has 1 aromatic carbocycles. The number of aromatic hydroxyl groups is 1. The molecule has 3 aromatic heterocycles. The number of nitrogens with zero attached hydrogens (tertiary/aromatic N) is 4. The Balaban J connectivity index is 1.87. The smallest absolute Gasteiger partial charge is 0.223 e. The van der Waals surface area contributed by atoms with Crippen LogP contribution < -0.4 is 11.1 Å². The molecular formula is C21H20FN7O. The number of imidazole rings is 1. The van der Waals surface area contributed by atoms with Crippen LogP contribution in [0.2, 0.25) is 0 Å². The summed E-state index contributed by atoms with van der Waals surface area (Å²) in [5, 5.41) is 13.2. The summed E-state index contributed by atoms with van der Waals surface area (Å²) >= 11 is 0. The third-order valence-electron chi connectivity index (χ3n) is 4.32. The van der Waals surface area contributed by atoms with Gasteiger partial charge in [-0.3, -0.25) is 0 Å². The molecule has 0 amide bonds. The largest absolute Gasteiger partial charge is 0.504 e. The summed E-state index contributed by atoms with van der Waals surface area (Å²) in [7, 11) is 0. The topological polar surface area (TPSA) is 126 Å². The molecule has 9 heteroatoms. The van der Waals surface area contributed by atoms with Crippen molar-refractivity contribution in [1.82, 2.24) is 24.9 Å². The lowest BCUT2D eigenvalue weighted by atomic mass is 10.1. The van der Waals surface area contributed by atoms with Crippen LogP contribution in [0.25, 0.3) is 34.0 Å². The summed E-state index contributed by atoms with van der Waals surface area (Å²) in [5.41, 5.74) is 8.62. The predicted octanol–water partition coefficient (Wildman–Crippen LogP) is 3.84. The maximum Gasteiger partial charge on any atom is 0.223 e. The van der Waals surface area contributed by atoms with Crippen LogP contribution in [0.4, 0.5) is 16.2 Å². The zero-order valence-electron chi connectivity index (χ0n) is 16.4. The number of halogens is 1. The summed E-state index contributed by atoms with van der Waals surface area (Å²) in [6.07, 6.45) is 3.17. The fourth-order valence-corrected chi connectivity index (χ4v) is 2.93. The van der Waals surface area contributed by atoms with E-state index in [0.29, 0.717) is 40.0 Å². The van der Waals surface area contributed by atoms with Crippen molar-refractivity contribution in [3.8, 4) is 39.8 Å². The average molecular weight is 405 g/mol. The molecule has 0 atom stereocenters. The van der Waals surface area contributed by atoms with Crippen molar-refractivity contribution >= 4 is 11.8 Å². The molecule has 0 saturated heterocycles. The first-order valence-electron chi connectivity index (χ1n) is 9.31. The Morgan fingerprint density at radius 3 is 2.53 bits per heavy atom. The monoisotopic (exact) mass is 405 g/mol. The number of hydrogen-bond donors (Lipinski definition) is 4. The van der Waals surface area contributed by atoms with E-state index in [1.165, 1.54) is 24.4 Å². The molecule has 0 bridgehead atoms. The highest BCUT2D eigenvalue weighted by Crippen LogP contribution is 2.34. The number of rotatable bonds is 5. The Labute approximate surface area is 172 Å². The Morgan fingerprint density at radius 1 is 1.07 bits per heavy atom. The third kappa shape index (κ3) is 3.90. The molecule has 4 rings (SSSR count). The SMILES string of the molecule is CC(C)Nc1nccc(-c2[nH]c(-c3ccc(F)cc3)nc2-c2cnc(N)c(O)c2)n1. The molecule has 0 radical (unpaired) electrons. The molecule has 0 aliphatic heterocycles. The zero-order chi connectivity index (χ0) is 21.3. The lowest BCUT2D eigenvalue weighted by molar-refractivity contribution is 0.476. The number of nitrogens with one attached hydrogen (secondary N) is 2. The van der Waals surface area contributed by atoms with Crippen LogP contribution >= 0.6 is 0 Å². The van der Waals surface area contributed by atoms with Gasteiger partial charge in [0.15, 0.2) is 11.6 Å². The fourth-order valence-electron chi connectivity index (χ4n) is 2.93. The van der Waals surface area contributed by atoms with Crippen molar-refractivity contribution < 1.29 is 9.50 Å². The zero-order valence-corrected chi connectivity index (χ0v) is 16.4. The van der Waals surface area contributed by atoms with E-state index in [-0.39, 0.29) is 23.4 Å². The number of hydrogen-bond acceptors (Lipinski definition) is 7. The highest BCUT2D eigenvalue weighted by Gasteiger charge is 2.18. The Bertz CT molecular complexity index is 1190. The van der Waals surface area contributed by atoms with Gasteiger partial charge in [-0.15, -0.1) is 0 Å². The first-order valence-corrected chi connectivity index (χ1v) is 9.31. The lowest BCUT2D eigenvalue weighted by Gasteiger charge is -2.09. The van der Waals surface area contributed by atoms with Crippen molar-refractivity contribution in [3.05, 3.63) is 54.6 Å². The lowest BCUT2D eigenvalue weighted by Crippen LogP contribution is -2.12. The van der Waals surface area contributed by atoms with E-state index >= 15 is 0 Å². The molecule has 0 aliphatic rings. The summed E-state index contributed by atoms with van der Waals surface area (Å²) in [6.45, 7) is 3.99. The summed E-state index contributed by atoms with van der Waals surface area (Å²) < 4.78 is 13.3. The van der Waals surface area contributed by atoms with Crippen molar-refractivity contribution in [3.63, 3.8) is 0 Å². The summed E-state index contributed by atoms with van der Waals surface area (Å²) in [5.74, 6) is 0.547. The molecular weight excluding hydrogens is 385 g/mol. The van der Waals surface area contributed by atoms with E-state index in [0.717, 1.165) is 0 Å². The van der Waals surface area contributed by atoms with Gasteiger partial charge in [-0.1, -0.05) is 0 Å². The highest BCUT2D eigenvalue weighted by molar-refractivity contribution is 5.80. The van der Waals surface area contributed by atoms with Gasteiger partial charge in [-0.05, 0) is 50.2 Å². The number of aromatic amines is 1. The highest BCUT2D eigenvalue weighted by atomic mass is 19.1. The number of nitrogen functional groups attached to an aromatic ring is 1. The second-order valence-corrected chi connectivity index (χ2v) is 7.01. The number of anilines is 2. The predicted molar refractivity (Wildman–Crippen MR) is 113 cm³/mol. The number of nitrogens with two attached hydrogens (primary N) is 1. The van der Waals surface area contributed by atoms with E-state index in [4.69, 9.17) is 5.73 Å². The van der Waals surface area contributed by atoms with Crippen molar-refractivity contribution in [2.75, 3.05) is 11.1 Å². The van der Waals surface area contributed by atoms with E-state index in [1.807, 2.05) is 13.8 Å². The van der Waals surface area contributed by atoms with Gasteiger partial charge in [0.05, 0.1) is 11.4 Å². The molecule has 152 valence electrons. The van der Waals surface area contributed by atoms with E-state index in [9.17, 15) is 9.50 Å². The molecule has 8 nitrogen and oxygen atoms in total. The Kier molecular flexibility index (Phi) is 5.01. The first-order chi connectivity index (χ1) is 14.4. The third-order valence-corrected chi connectivity index (χ3v) is 4.32. The minimum Gasteiger partial charge on any atom is -0.504 e.